The van der Waals surface area contributed by atoms with Gasteiger partial charge in [-0.2, -0.15) is 9.97 Å². The number of amides is 1. The summed E-state index contributed by atoms with van der Waals surface area (Å²) >= 11 is 0. The number of likely N-dealkylation sites (tertiary alicyclic amines) is 1. The van der Waals surface area contributed by atoms with Crippen LogP contribution in [0.3, 0.4) is 0 Å². The number of halogens is 2. The van der Waals surface area contributed by atoms with Crippen LogP contribution in [0.1, 0.15) is 56.9 Å². The number of hydrogen-bond donors (Lipinski definition) is 2. The molecule has 0 radical (unpaired) electrons. The molecule has 4 fully saturated rings. The molecule has 12 heteroatoms. The number of hydrogen-bond acceptors (Lipinski definition) is 9. The largest absolute Gasteiger partial charge is 0.508 e. The van der Waals surface area contributed by atoms with Gasteiger partial charge in [-0.25, -0.2) is 8.78 Å². The lowest BCUT2D eigenvalue weighted by atomic mass is 9.75. The topological polar surface area (TPSA) is 113 Å². The number of fused-ring (bicyclic) bond motifs is 3. The highest BCUT2D eigenvalue weighted by Gasteiger charge is 2.49. The van der Waals surface area contributed by atoms with E-state index in [0.29, 0.717) is 67.9 Å². The molecule has 10 nitrogen and oxygen atoms in total. The fourth-order valence-corrected chi connectivity index (χ4v) is 8.94. The lowest BCUT2D eigenvalue weighted by Crippen LogP contribution is -2.54. The number of ether oxygens (including phenoxy) is 2. The summed E-state index contributed by atoms with van der Waals surface area (Å²) in [5.41, 5.74) is -0.0542. The number of aromatic nitrogens is 3. The number of phenolic OH excluding ortho intramolecular Hbond substituents is 1. The number of carbonyl (C=O) groups is 1. The van der Waals surface area contributed by atoms with Crippen molar-refractivity contribution in [3.05, 3.63) is 47.7 Å². The van der Waals surface area contributed by atoms with Gasteiger partial charge in [-0.05, 0) is 74.6 Å². The zero-order valence-electron chi connectivity index (χ0n) is 28.6. The number of nitrogens with one attached hydrogen (secondary N) is 1. The van der Waals surface area contributed by atoms with E-state index in [-0.39, 0.29) is 50.8 Å². The molecule has 2 aromatic heterocycles. The first-order valence-electron chi connectivity index (χ1n) is 18.1. The highest BCUT2D eigenvalue weighted by molar-refractivity contribution is 6.03. The van der Waals surface area contributed by atoms with Crippen LogP contribution in [0, 0.1) is 35.3 Å². The lowest BCUT2D eigenvalue weighted by molar-refractivity contribution is -0.123. The van der Waals surface area contributed by atoms with Crippen molar-refractivity contribution in [1.29, 1.82) is 0 Å². The van der Waals surface area contributed by atoms with Crippen molar-refractivity contribution in [1.82, 2.24) is 25.2 Å². The van der Waals surface area contributed by atoms with Gasteiger partial charge >= 0.3 is 6.01 Å². The Kier molecular flexibility index (Phi) is 9.11. The number of terminal acetylenes is 1. The Labute approximate surface area is 295 Å². The van der Waals surface area contributed by atoms with Crippen molar-refractivity contribution in [2.45, 2.75) is 57.4 Å². The average molecular weight is 697 g/mol. The second kappa shape index (κ2) is 13.8. The van der Waals surface area contributed by atoms with Gasteiger partial charge in [-0.15, -0.1) is 6.42 Å². The van der Waals surface area contributed by atoms with Gasteiger partial charge in [0.25, 0.3) is 0 Å². The zero-order valence-corrected chi connectivity index (χ0v) is 28.6. The van der Waals surface area contributed by atoms with Gasteiger partial charge < -0.3 is 24.8 Å². The summed E-state index contributed by atoms with van der Waals surface area (Å²) in [7, 11) is 0. The Morgan fingerprint density at radius 1 is 1.10 bits per heavy atom. The highest BCUT2D eigenvalue weighted by Crippen LogP contribution is 2.48. The van der Waals surface area contributed by atoms with Gasteiger partial charge in [0.05, 0.1) is 24.2 Å². The molecule has 0 bridgehead atoms. The molecule has 51 heavy (non-hydrogen) atoms. The van der Waals surface area contributed by atoms with Gasteiger partial charge in [0, 0.05) is 67.8 Å². The summed E-state index contributed by atoms with van der Waals surface area (Å²) < 4.78 is 44.1. The zero-order chi connectivity index (χ0) is 35.1. The number of piperidine rings is 2. The Balaban J connectivity index is 1.17. The first kappa shape index (κ1) is 33.5. The van der Waals surface area contributed by atoms with E-state index in [0.717, 1.165) is 64.6 Å². The molecule has 4 aromatic rings. The molecule has 266 valence electrons. The van der Waals surface area contributed by atoms with Crippen molar-refractivity contribution in [2.24, 2.45) is 11.3 Å². The predicted octanol–water partition coefficient (Wildman–Crippen LogP) is 5.58. The van der Waals surface area contributed by atoms with Crippen LogP contribution in [-0.2, 0) is 9.53 Å². The summed E-state index contributed by atoms with van der Waals surface area (Å²) in [4.78, 5) is 30.5. The molecule has 5 heterocycles. The first-order chi connectivity index (χ1) is 24.8. The highest BCUT2D eigenvalue weighted by atomic mass is 19.1. The number of aromatic hydroxyl groups is 1. The summed E-state index contributed by atoms with van der Waals surface area (Å²) in [6.07, 6.45) is 14.8. The number of carbonyl (C=O) groups excluding carboxylic acids is 1. The monoisotopic (exact) mass is 696 g/mol. The van der Waals surface area contributed by atoms with Crippen LogP contribution in [0.5, 0.6) is 11.8 Å². The van der Waals surface area contributed by atoms with Crippen LogP contribution in [-0.4, -0.2) is 89.5 Å². The number of nitrogens with zero attached hydrogens (tertiary/aromatic N) is 5. The number of benzene rings is 2. The SMILES string of the molecule is C#Cc1c(F)ccc2cc(O)cc(-c3ncc4c(N5CCCOCC5)nc(OC[C@]56CCC[C@H]5N(CC5CCC(=O)NC5)CCC6)nc4c3F)c12. The Morgan fingerprint density at radius 3 is 2.82 bits per heavy atom. The number of anilines is 1. The standard InChI is InChI=1S/C39H42F2N6O4/c1-2-27-30(40)9-8-25-18-26(48)19-28(33(25)27)35-34(41)36-29(21-43-35)37(46-14-5-16-50-17-15-46)45-38(44-36)51-23-39-11-3-6-31(39)47(13-4-12-39)22-24-7-10-32(49)42-20-24/h1,8-9,18-19,21,24,31,48H,3-7,10-17,20,22-23H2,(H,42,49)/t24?,31-,39-/m1/s1. The fraction of sp³-hybridized carbons (Fsp3) is 0.487. The summed E-state index contributed by atoms with van der Waals surface area (Å²) in [6, 6.07) is 5.97. The van der Waals surface area contributed by atoms with Gasteiger partial charge in [0.2, 0.25) is 5.91 Å². The quantitative estimate of drug-likeness (QED) is 0.240. The minimum Gasteiger partial charge on any atom is -0.508 e. The van der Waals surface area contributed by atoms with E-state index < -0.39 is 11.6 Å². The summed E-state index contributed by atoms with van der Waals surface area (Å²) in [5, 5.41) is 14.8. The minimum atomic E-state index is -0.744. The van der Waals surface area contributed by atoms with Crippen LogP contribution in [0.25, 0.3) is 32.9 Å². The fourth-order valence-electron chi connectivity index (χ4n) is 8.94. The van der Waals surface area contributed by atoms with Gasteiger partial charge in [-0.1, -0.05) is 18.4 Å². The molecule has 2 N–H and O–H groups in total. The molecule has 1 saturated carbocycles. The minimum absolute atomic E-state index is 0.0189. The second-order valence-corrected chi connectivity index (χ2v) is 14.5. The Morgan fingerprint density at radius 2 is 1.98 bits per heavy atom. The van der Waals surface area contributed by atoms with E-state index in [9.17, 15) is 14.3 Å². The lowest BCUT2D eigenvalue weighted by Gasteiger charge is -2.47. The van der Waals surface area contributed by atoms with Crippen molar-refractivity contribution in [3.63, 3.8) is 0 Å². The van der Waals surface area contributed by atoms with Gasteiger partial charge in [-0.3, -0.25) is 14.7 Å². The molecule has 4 aliphatic rings. The molecule has 8 rings (SSSR count). The molecule has 1 unspecified atom stereocenters. The molecular formula is C39H42F2N6O4. The molecule has 3 saturated heterocycles. The first-order valence-corrected chi connectivity index (χ1v) is 18.1. The molecule has 1 aliphatic carbocycles. The van der Waals surface area contributed by atoms with E-state index in [4.69, 9.17) is 20.9 Å². The third-order valence-corrected chi connectivity index (χ3v) is 11.4. The third kappa shape index (κ3) is 6.31. The maximum absolute atomic E-state index is 17.0. The number of phenols is 1. The molecule has 3 atom stereocenters. The van der Waals surface area contributed by atoms with Crippen molar-refractivity contribution >= 4 is 33.4 Å². The van der Waals surface area contributed by atoms with Gasteiger partial charge in [0.1, 0.15) is 28.6 Å². The molecule has 1 amide bonds. The van der Waals surface area contributed by atoms with Crippen LogP contribution in [0.15, 0.2) is 30.5 Å². The van der Waals surface area contributed by atoms with E-state index in [1.807, 2.05) is 0 Å². The molecule has 2 aromatic carbocycles. The Hall–Kier alpha value is -4.60. The van der Waals surface area contributed by atoms with E-state index in [1.54, 1.807) is 0 Å². The molecular weight excluding hydrogens is 654 g/mol. The van der Waals surface area contributed by atoms with Crippen LogP contribution >= 0.6 is 0 Å². The van der Waals surface area contributed by atoms with Gasteiger partial charge in [0.15, 0.2) is 5.82 Å². The normalized spacial score (nSPS) is 24.3. The van der Waals surface area contributed by atoms with Crippen LogP contribution < -0.4 is 15.0 Å². The summed E-state index contributed by atoms with van der Waals surface area (Å²) in [5.74, 6) is 1.98. The van der Waals surface area contributed by atoms with E-state index in [2.05, 4.69) is 31.0 Å². The Bertz CT molecular complexity index is 2020. The number of pyridine rings is 1. The van der Waals surface area contributed by atoms with Crippen LogP contribution in [0.4, 0.5) is 14.6 Å². The van der Waals surface area contributed by atoms with Crippen molar-refractivity contribution < 1.29 is 28.2 Å². The van der Waals surface area contributed by atoms with Crippen LogP contribution in [0.2, 0.25) is 0 Å². The van der Waals surface area contributed by atoms with Crippen molar-refractivity contribution in [2.75, 3.05) is 57.4 Å². The van der Waals surface area contributed by atoms with E-state index >= 15 is 4.39 Å². The van der Waals surface area contributed by atoms with E-state index in [1.165, 1.54) is 30.5 Å². The maximum atomic E-state index is 17.0. The smallest absolute Gasteiger partial charge is 0.319 e. The predicted molar refractivity (Wildman–Crippen MR) is 190 cm³/mol. The maximum Gasteiger partial charge on any atom is 0.319 e. The summed E-state index contributed by atoms with van der Waals surface area (Å²) in [6.45, 7) is 5.43. The molecule has 3 aliphatic heterocycles. The second-order valence-electron chi connectivity index (χ2n) is 14.5. The van der Waals surface area contributed by atoms with Crippen molar-refractivity contribution in [3.8, 4) is 35.4 Å². The number of rotatable bonds is 7. The molecule has 0 spiro atoms. The average Bonchev–Trinajstić information content (AvgIpc) is 3.39. The third-order valence-electron chi connectivity index (χ3n) is 11.4.